The topological polar surface area (TPSA) is 55.8 Å². The zero-order chi connectivity index (χ0) is 17.1. The Hall–Kier alpha value is -2.53. The van der Waals surface area contributed by atoms with Crippen molar-refractivity contribution in [3.63, 3.8) is 0 Å². The van der Waals surface area contributed by atoms with Crippen molar-refractivity contribution in [3.8, 4) is 5.75 Å². The molecule has 0 spiro atoms. The van der Waals surface area contributed by atoms with Gasteiger partial charge in [-0.25, -0.2) is 0 Å². The second-order valence-electron chi connectivity index (χ2n) is 5.40. The number of carbonyl (C=O) groups is 2. The van der Waals surface area contributed by atoms with Crippen molar-refractivity contribution in [2.24, 2.45) is 0 Å². The fraction of sp³-hybridized carbons (Fsp3) is 0.222. The number of fused-ring (bicyclic) bond motifs is 1. The number of hydrogen-bond acceptors (Lipinski definition) is 4. The normalized spacial score (nSPS) is 16.1. The smallest absolute Gasteiger partial charge is 0.307 e. The van der Waals surface area contributed by atoms with Crippen LogP contribution in [0.3, 0.4) is 0 Å². The van der Waals surface area contributed by atoms with Crippen LogP contribution in [-0.2, 0) is 9.53 Å². The van der Waals surface area contributed by atoms with Crippen molar-refractivity contribution in [1.82, 2.24) is 0 Å². The maximum absolute atomic E-state index is 13.1. The van der Waals surface area contributed by atoms with Crippen LogP contribution in [0, 0.1) is 0 Å². The third kappa shape index (κ3) is 3.21. The van der Waals surface area contributed by atoms with E-state index in [1.165, 1.54) is 7.11 Å². The molecule has 0 aliphatic carbocycles. The lowest BCUT2D eigenvalue weighted by Gasteiger charge is -2.36. The summed E-state index contributed by atoms with van der Waals surface area (Å²) in [4.78, 5) is 26.4. The average Bonchev–Trinajstić information content (AvgIpc) is 2.61. The van der Waals surface area contributed by atoms with E-state index in [1.54, 1.807) is 41.3 Å². The van der Waals surface area contributed by atoms with Gasteiger partial charge in [0.2, 0.25) is 0 Å². The van der Waals surface area contributed by atoms with Crippen molar-refractivity contribution in [3.05, 3.63) is 59.1 Å². The molecule has 0 N–H and O–H groups in total. The van der Waals surface area contributed by atoms with E-state index in [-0.39, 0.29) is 18.9 Å². The molecule has 0 saturated heterocycles. The van der Waals surface area contributed by atoms with E-state index in [0.717, 1.165) is 0 Å². The number of rotatable bonds is 3. The molecule has 124 valence electrons. The largest absolute Gasteiger partial charge is 0.489 e. The Morgan fingerprint density at radius 1 is 1.25 bits per heavy atom. The molecule has 1 amide bonds. The molecule has 5 nitrogen and oxygen atoms in total. The van der Waals surface area contributed by atoms with Gasteiger partial charge in [0.05, 0.1) is 25.3 Å². The summed E-state index contributed by atoms with van der Waals surface area (Å²) in [7, 11) is 1.32. The number of esters is 1. The predicted octanol–water partition coefficient (Wildman–Crippen LogP) is 3.31. The van der Waals surface area contributed by atoms with Crippen molar-refractivity contribution < 1.29 is 19.1 Å². The van der Waals surface area contributed by atoms with Gasteiger partial charge in [0.15, 0.2) is 0 Å². The highest BCUT2D eigenvalue weighted by molar-refractivity contribution is 6.31. The summed E-state index contributed by atoms with van der Waals surface area (Å²) in [5, 5.41) is 0.479. The van der Waals surface area contributed by atoms with E-state index >= 15 is 0 Å². The van der Waals surface area contributed by atoms with Crippen LogP contribution in [0.5, 0.6) is 5.75 Å². The Morgan fingerprint density at radius 2 is 2.04 bits per heavy atom. The highest BCUT2D eigenvalue weighted by atomic mass is 35.5. The van der Waals surface area contributed by atoms with Gasteiger partial charge in [-0.2, -0.15) is 0 Å². The molecule has 2 aromatic carbocycles. The summed E-state index contributed by atoms with van der Waals surface area (Å²) in [5.74, 6) is -0.0250. The lowest BCUT2D eigenvalue weighted by molar-refractivity contribution is -0.141. The standard InChI is InChI=1S/C18H16ClNO4/c1-23-17(21)10-14-11-24-16-8-3-2-7-15(16)20(14)18(22)12-5-4-6-13(19)9-12/h2-9,14H,10-11H2,1H3/t14-/m1/s1. The summed E-state index contributed by atoms with van der Waals surface area (Å²) in [6.45, 7) is 0.221. The summed E-state index contributed by atoms with van der Waals surface area (Å²) in [6.07, 6.45) is 0.0527. The first kappa shape index (κ1) is 16.3. The number of benzene rings is 2. The van der Waals surface area contributed by atoms with E-state index in [4.69, 9.17) is 21.1 Å². The average molecular weight is 346 g/mol. The second-order valence-corrected chi connectivity index (χ2v) is 5.83. The molecule has 0 saturated carbocycles. The van der Waals surface area contributed by atoms with Crippen LogP contribution in [0.15, 0.2) is 48.5 Å². The predicted molar refractivity (Wildman–Crippen MR) is 90.6 cm³/mol. The quantitative estimate of drug-likeness (QED) is 0.801. The van der Waals surface area contributed by atoms with Gasteiger partial charge < -0.3 is 9.47 Å². The van der Waals surface area contributed by atoms with Crippen molar-refractivity contribution in [1.29, 1.82) is 0 Å². The highest BCUT2D eigenvalue weighted by Gasteiger charge is 2.34. The number of para-hydroxylation sites is 2. The van der Waals surface area contributed by atoms with Gasteiger partial charge in [-0.1, -0.05) is 29.8 Å². The van der Waals surface area contributed by atoms with Crippen LogP contribution in [0.2, 0.25) is 5.02 Å². The first-order chi connectivity index (χ1) is 11.6. The molecule has 2 aromatic rings. The van der Waals surface area contributed by atoms with Gasteiger partial charge in [-0.05, 0) is 30.3 Å². The van der Waals surface area contributed by atoms with Gasteiger partial charge in [0.25, 0.3) is 5.91 Å². The first-order valence-corrected chi connectivity index (χ1v) is 7.85. The minimum absolute atomic E-state index is 0.0527. The molecule has 1 aliphatic heterocycles. The molecule has 0 bridgehead atoms. The van der Waals surface area contributed by atoms with Crippen LogP contribution in [-0.4, -0.2) is 31.6 Å². The molecule has 0 aromatic heterocycles. The molecule has 1 aliphatic rings. The van der Waals surface area contributed by atoms with E-state index in [2.05, 4.69) is 0 Å². The number of ether oxygens (including phenoxy) is 2. The zero-order valence-corrected chi connectivity index (χ0v) is 13.8. The first-order valence-electron chi connectivity index (χ1n) is 7.48. The van der Waals surface area contributed by atoms with Crippen molar-refractivity contribution in [2.45, 2.75) is 12.5 Å². The molecule has 1 atom stereocenters. The van der Waals surface area contributed by atoms with Gasteiger partial charge >= 0.3 is 5.97 Å². The van der Waals surface area contributed by atoms with Gasteiger partial charge in [0.1, 0.15) is 12.4 Å². The van der Waals surface area contributed by atoms with Crippen molar-refractivity contribution in [2.75, 3.05) is 18.6 Å². The van der Waals surface area contributed by atoms with Crippen LogP contribution >= 0.6 is 11.6 Å². The van der Waals surface area contributed by atoms with E-state index < -0.39 is 12.0 Å². The monoisotopic (exact) mass is 345 g/mol. The number of methoxy groups -OCH3 is 1. The molecule has 0 radical (unpaired) electrons. The fourth-order valence-electron chi connectivity index (χ4n) is 2.70. The molecule has 1 heterocycles. The lowest BCUT2D eigenvalue weighted by atomic mass is 10.1. The highest BCUT2D eigenvalue weighted by Crippen LogP contribution is 2.35. The van der Waals surface area contributed by atoms with E-state index in [1.807, 2.05) is 12.1 Å². The van der Waals surface area contributed by atoms with Crippen LogP contribution in [0.4, 0.5) is 5.69 Å². The summed E-state index contributed by atoms with van der Waals surface area (Å²) < 4.78 is 10.4. The molecular weight excluding hydrogens is 330 g/mol. The number of anilines is 1. The summed E-state index contributed by atoms with van der Waals surface area (Å²) in [6, 6.07) is 13.5. The third-order valence-corrected chi connectivity index (χ3v) is 4.08. The maximum atomic E-state index is 13.1. The maximum Gasteiger partial charge on any atom is 0.307 e. The number of amides is 1. The Morgan fingerprint density at radius 3 is 2.79 bits per heavy atom. The van der Waals surface area contributed by atoms with Crippen molar-refractivity contribution >= 4 is 29.2 Å². The second kappa shape index (κ2) is 6.93. The Kier molecular flexibility index (Phi) is 4.71. The minimum Gasteiger partial charge on any atom is -0.489 e. The SMILES string of the molecule is COC(=O)C[C@@H]1COc2ccccc2N1C(=O)c1cccc(Cl)c1. The number of nitrogens with zero attached hydrogens (tertiary/aromatic N) is 1. The Labute approximate surface area is 144 Å². The molecule has 24 heavy (non-hydrogen) atoms. The van der Waals surface area contributed by atoms with E-state index in [9.17, 15) is 9.59 Å². The third-order valence-electron chi connectivity index (χ3n) is 3.84. The fourth-order valence-corrected chi connectivity index (χ4v) is 2.89. The Balaban J connectivity index is 2.00. The van der Waals surface area contributed by atoms with Crippen LogP contribution in [0.1, 0.15) is 16.8 Å². The van der Waals surface area contributed by atoms with Gasteiger partial charge in [-0.15, -0.1) is 0 Å². The lowest BCUT2D eigenvalue weighted by Crippen LogP contribution is -2.48. The summed E-state index contributed by atoms with van der Waals surface area (Å²) >= 11 is 6.00. The molecule has 3 rings (SSSR count). The number of halogens is 1. The van der Waals surface area contributed by atoms with E-state index in [0.29, 0.717) is 22.0 Å². The molecule has 6 heteroatoms. The van der Waals surface area contributed by atoms with Gasteiger partial charge in [0, 0.05) is 10.6 Å². The van der Waals surface area contributed by atoms with Gasteiger partial charge in [-0.3, -0.25) is 14.5 Å². The zero-order valence-electron chi connectivity index (χ0n) is 13.1. The molecule has 0 unspecified atom stereocenters. The minimum atomic E-state index is -0.446. The summed E-state index contributed by atoms with van der Waals surface area (Å²) in [5.41, 5.74) is 1.08. The Bertz CT molecular complexity index is 777. The van der Waals surface area contributed by atoms with Crippen LogP contribution < -0.4 is 9.64 Å². The number of hydrogen-bond donors (Lipinski definition) is 0. The molecular formula is C18H16ClNO4. The number of carbonyl (C=O) groups excluding carboxylic acids is 2. The molecule has 0 fully saturated rings. The van der Waals surface area contributed by atoms with Crippen LogP contribution in [0.25, 0.3) is 0 Å².